The van der Waals surface area contributed by atoms with Crippen LogP contribution in [-0.2, 0) is 0 Å². The summed E-state index contributed by atoms with van der Waals surface area (Å²) in [6.07, 6.45) is 0. The van der Waals surface area contributed by atoms with E-state index in [9.17, 15) is 4.79 Å². The van der Waals surface area contributed by atoms with Gasteiger partial charge in [-0.3, -0.25) is 0 Å². The highest BCUT2D eigenvalue weighted by Crippen LogP contribution is 2.40. The number of halogens is 1. The SMILES string of the molecule is COc1cc(Br)c(-c2scnc2C(=O)O)cc1OC. The van der Waals surface area contributed by atoms with Crippen molar-refractivity contribution in [1.82, 2.24) is 4.98 Å². The lowest BCUT2D eigenvalue weighted by Crippen LogP contribution is -1.99. The van der Waals surface area contributed by atoms with Gasteiger partial charge in [0, 0.05) is 10.0 Å². The summed E-state index contributed by atoms with van der Waals surface area (Å²) in [6, 6.07) is 3.46. The molecule has 7 heteroatoms. The minimum Gasteiger partial charge on any atom is -0.493 e. The Morgan fingerprint density at radius 1 is 1.32 bits per heavy atom. The highest BCUT2D eigenvalue weighted by molar-refractivity contribution is 9.10. The van der Waals surface area contributed by atoms with Crippen LogP contribution in [0.2, 0.25) is 0 Å². The summed E-state index contributed by atoms with van der Waals surface area (Å²) in [5, 5.41) is 9.11. The molecule has 0 saturated heterocycles. The molecule has 0 aliphatic carbocycles. The summed E-state index contributed by atoms with van der Waals surface area (Å²) in [6.45, 7) is 0. The van der Waals surface area contributed by atoms with Crippen LogP contribution < -0.4 is 9.47 Å². The van der Waals surface area contributed by atoms with E-state index in [1.807, 2.05) is 0 Å². The van der Waals surface area contributed by atoms with Crippen molar-refractivity contribution in [2.24, 2.45) is 0 Å². The molecule has 1 heterocycles. The Hall–Kier alpha value is -1.60. The number of hydrogen-bond donors (Lipinski definition) is 1. The van der Waals surface area contributed by atoms with Crippen molar-refractivity contribution in [2.75, 3.05) is 14.2 Å². The third kappa shape index (κ3) is 2.57. The van der Waals surface area contributed by atoms with Gasteiger partial charge in [-0.05, 0) is 28.1 Å². The van der Waals surface area contributed by atoms with E-state index in [4.69, 9.17) is 14.6 Å². The van der Waals surface area contributed by atoms with Crippen LogP contribution in [0.25, 0.3) is 10.4 Å². The first kappa shape index (κ1) is 13.8. The molecule has 0 spiro atoms. The molecule has 0 amide bonds. The van der Waals surface area contributed by atoms with Crippen LogP contribution in [0, 0.1) is 0 Å². The maximum atomic E-state index is 11.1. The number of rotatable bonds is 4. The first-order chi connectivity index (χ1) is 9.08. The van der Waals surface area contributed by atoms with Crippen molar-refractivity contribution in [1.29, 1.82) is 0 Å². The number of aromatic carboxylic acids is 1. The number of methoxy groups -OCH3 is 2. The van der Waals surface area contributed by atoms with Crippen LogP contribution in [0.1, 0.15) is 10.5 Å². The topological polar surface area (TPSA) is 68.7 Å². The Labute approximate surface area is 121 Å². The molecule has 0 unspecified atom stereocenters. The van der Waals surface area contributed by atoms with Crippen LogP contribution in [0.5, 0.6) is 11.5 Å². The van der Waals surface area contributed by atoms with Crippen LogP contribution in [0.4, 0.5) is 0 Å². The van der Waals surface area contributed by atoms with Gasteiger partial charge in [-0.25, -0.2) is 9.78 Å². The normalized spacial score (nSPS) is 10.3. The zero-order valence-corrected chi connectivity index (χ0v) is 12.5. The van der Waals surface area contributed by atoms with Crippen molar-refractivity contribution < 1.29 is 19.4 Å². The number of thiazole rings is 1. The number of aromatic nitrogens is 1. The molecule has 1 aromatic carbocycles. The van der Waals surface area contributed by atoms with E-state index in [1.165, 1.54) is 24.0 Å². The Kier molecular flexibility index (Phi) is 4.06. The largest absolute Gasteiger partial charge is 0.493 e. The van der Waals surface area contributed by atoms with Crippen molar-refractivity contribution in [3.05, 3.63) is 27.8 Å². The van der Waals surface area contributed by atoms with Crippen LogP contribution >= 0.6 is 27.3 Å². The lowest BCUT2D eigenvalue weighted by Gasteiger charge is -2.11. The second kappa shape index (κ2) is 5.58. The fourth-order valence-corrected chi connectivity index (χ4v) is 3.08. The summed E-state index contributed by atoms with van der Waals surface area (Å²) < 4.78 is 11.1. The monoisotopic (exact) mass is 343 g/mol. The van der Waals surface area contributed by atoms with Gasteiger partial charge in [0.1, 0.15) is 0 Å². The molecule has 0 saturated carbocycles. The standard InChI is InChI=1S/C12H10BrNO4S/c1-17-8-3-6(7(13)4-9(8)18-2)11-10(12(15)16)14-5-19-11/h3-5H,1-2H3,(H,15,16). The van der Waals surface area contributed by atoms with Crippen molar-refractivity contribution in [3.63, 3.8) is 0 Å². The number of carboxylic acids is 1. The number of nitrogens with zero attached hydrogens (tertiary/aromatic N) is 1. The van der Waals surface area contributed by atoms with E-state index in [0.717, 1.165) is 4.47 Å². The quantitative estimate of drug-likeness (QED) is 0.922. The predicted molar refractivity (Wildman–Crippen MR) is 75.3 cm³/mol. The van der Waals surface area contributed by atoms with Gasteiger partial charge in [-0.15, -0.1) is 11.3 Å². The van der Waals surface area contributed by atoms with E-state index in [-0.39, 0.29) is 5.69 Å². The molecule has 5 nitrogen and oxygen atoms in total. The second-order valence-corrected chi connectivity index (χ2v) is 5.23. The third-order valence-electron chi connectivity index (χ3n) is 2.49. The summed E-state index contributed by atoms with van der Waals surface area (Å²) in [5.74, 6) is 0.0443. The molecule has 2 rings (SSSR count). The van der Waals surface area contributed by atoms with Gasteiger partial charge in [0.2, 0.25) is 0 Å². The van der Waals surface area contributed by atoms with Gasteiger partial charge < -0.3 is 14.6 Å². The van der Waals surface area contributed by atoms with E-state index < -0.39 is 5.97 Å². The lowest BCUT2D eigenvalue weighted by atomic mass is 10.1. The minimum absolute atomic E-state index is 0.0259. The van der Waals surface area contributed by atoms with Gasteiger partial charge in [-0.2, -0.15) is 0 Å². The molecule has 0 radical (unpaired) electrons. The molecule has 0 aliphatic heterocycles. The fraction of sp³-hybridized carbons (Fsp3) is 0.167. The molecule has 0 bridgehead atoms. The van der Waals surface area contributed by atoms with Crippen molar-refractivity contribution in [2.45, 2.75) is 0 Å². The summed E-state index contributed by atoms with van der Waals surface area (Å²) in [7, 11) is 3.07. The maximum absolute atomic E-state index is 11.1. The number of benzene rings is 1. The van der Waals surface area contributed by atoms with E-state index in [0.29, 0.717) is 21.9 Å². The second-order valence-electron chi connectivity index (χ2n) is 3.52. The highest BCUT2D eigenvalue weighted by Gasteiger charge is 2.19. The van der Waals surface area contributed by atoms with Gasteiger partial charge >= 0.3 is 5.97 Å². The van der Waals surface area contributed by atoms with Gasteiger partial charge in [0.15, 0.2) is 17.2 Å². The van der Waals surface area contributed by atoms with E-state index >= 15 is 0 Å². The first-order valence-electron chi connectivity index (χ1n) is 5.17. The lowest BCUT2D eigenvalue weighted by molar-refractivity contribution is 0.0692. The fourth-order valence-electron chi connectivity index (χ4n) is 1.62. The molecule has 100 valence electrons. The average molecular weight is 344 g/mol. The first-order valence-corrected chi connectivity index (χ1v) is 6.84. The Bertz CT molecular complexity index is 626. The summed E-state index contributed by atoms with van der Waals surface area (Å²) >= 11 is 4.67. The summed E-state index contributed by atoms with van der Waals surface area (Å²) in [4.78, 5) is 15.5. The van der Waals surface area contributed by atoms with Gasteiger partial charge in [0.05, 0.1) is 24.6 Å². The van der Waals surface area contributed by atoms with Crippen LogP contribution in [-0.4, -0.2) is 30.3 Å². The Morgan fingerprint density at radius 3 is 2.53 bits per heavy atom. The molecule has 0 fully saturated rings. The van der Waals surface area contributed by atoms with Crippen molar-refractivity contribution >= 4 is 33.2 Å². The molecule has 19 heavy (non-hydrogen) atoms. The van der Waals surface area contributed by atoms with Crippen LogP contribution in [0.3, 0.4) is 0 Å². The van der Waals surface area contributed by atoms with Gasteiger partial charge in [0.25, 0.3) is 0 Å². The van der Waals surface area contributed by atoms with E-state index in [2.05, 4.69) is 20.9 Å². The smallest absolute Gasteiger partial charge is 0.356 e. The molecule has 1 aromatic heterocycles. The number of hydrogen-bond acceptors (Lipinski definition) is 5. The number of carbonyl (C=O) groups is 1. The maximum Gasteiger partial charge on any atom is 0.356 e. The zero-order chi connectivity index (χ0) is 14.0. The van der Waals surface area contributed by atoms with Gasteiger partial charge in [-0.1, -0.05) is 0 Å². The Morgan fingerprint density at radius 2 is 1.95 bits per heavy atom. The highest BCUT2D eigenvalue weighted by atomic mass is 79.9. The number of carboxylic acid groups (broad SMARTS) is 1. The van der Waals surface area contributed by atoms with Crippen molar-refractivity contribution in [3.8, 4) is 21.9 Å². The molecule has 1 N–H and O–H groups in total. The Balaban J connectivity index is 2.62. The zero-order valence-electron chi connectivity index (χ0n) is 10.1. The summed E-state index contributed by atoms with van der Waals surface area (Å²) in [5.41, 5.74) is 2.23. The van der Waals surface area contributed by atoms with E-state index in [1.54, 1.807) is 19.2 Å². The molecular formula is C12H10BrNO4S. The molecule has 0 atom stereocenters. The predicted octanol–water partition coefficient (Wildman–Crippen LogP) is 3.29. The third-order valence-corrected chi connectivity index (χ3v) is 4.00. The molecule has 0 aliphatic rings. The molecule has 2 aromatic rings. The average Bonchev–Trinajstić information content (AvgIpc) is 2.87. The minimum atomic E-state index is -1.06. The molecular weight excluding hydrogens is 334 g/mol. The number of ether oxygens (including phenoxy) is 2. The van der Waals surface area contributed by atoms with Crippen LogP contribution in [0.15, 0.2) is 22.1 Å².